The van der Waals surface area contributed by atoms with Gasteiger partial charge in [0.05, 0.1) is 5.92 Å². The molecular weight excluding hydrogens is 255 g/mol. The molecule has 0 aromatic heterocycles. The Balaban J connectivity index is 1.52. The molecule has 2 rings (SSSR count). The maximum Gasteiger partial charge on any atom is 0.391 e. The van der Waals surface area contributed by atoms with Crippen molar-refractivity contribution >= 4 is 0 Å². The van der Waals surface area contributed by atoms with Crippen molar-refractivity contribution in [3.8, 4) is 0 Å². The molecule has 112 valence electrons. The summed E-state index contributed by atoms with van der Waals surface area (Å²) in [7, 11) is 0. The highest BCUT2D eigenvalue weighted by Gasteiger charge is 2.41. The highest BCUT2D eigenvalue weighted by atomic mass is 19.4. The maximum absolute atomic E-state index is 12.6. The Kier molecular flexibility index (Phi) is 5.51. The smallest absolute Gasteiger partial charge is 0.381 e. The van der Waals surface area contributed by atoms with Gasteiger partial charge in [-0.05, 0) is 51.0 Å². The highest BCUT2D eigenvalue weighted by molar-refractivity contribution is 4.81. The molecule has 0 heterocycles. The summed E-state index contributed by atoms with van der Waals surface area (Å²) < 4.78 is 43.4. The van der Waals surface area contributed by atoms with Gasteiger partial charge in [0.25, 0.3) is 0 Å². The van der Waals surface area contributed by atoms with Crippen molar-refractivity contribution < 1.29 is 17.9 Å². The topological polar surface area (TPSA) is 21.3 Å². The molecular formula is C14H24F3NO. The minimum atomic E-state index is -4.02. The number of nitrogens with one attached hydrogen (secondary N) is 1. The zero-order valence-corrected chi connectivity index (χ0v) is 11.3. The van der Waals surface area contributed by atoms with Gasteiger partial charge < -0.3 is 10.1 Å². The van der Waals surface area contributed by atoms with Crippen molar-refractivity contribution in [1.29, 1.82) is 0 Å². The minimum Gasteiger partial charge on any atom is -0.381 e. The zero-order chi connectivity index (χ0) is 13.7. The molecule has 2 nitrogen and oxygen atoms in total. The second-order valence-corrected chi connectivity index (χ2v) is 5.93. The van der Waals surface area contributed by atoms with Crippen LogP contribution in [0.25, 0.3) is 0 Å². The molecule has 2 aliphatic rings. The third kappa shape index (κ3) is 5.69. The van der Waals surface area contributed by atoms with Crippen LogP contribution in [0, 0.1) is 11.8 Å². The van der Waals surface area contributed by atoms with E-state index in [0.717, 1.165) is 38.5 Å². The summed E-state index contributed by atoms with van der Waals surface area (Å²) in [5.41, 5.74) is 0. The molecule has 5 heteroatoms. The minimum absolute atomic E-state index is 0.0313. The lowest BCUT2D eigenvalue weighted by Gasteiger charge is -2.31. The molecule has 0 aromatic rings. The molecule has 0 amide bonds. The lowest BCUT2D eigenvalue weighted by Crippen LogP contribution is -2.39. The Morgan fingerprint density at radius 1 is 1.11 bits per heavy atom. The standard InChI is InChI=1S/C14H24F3NO/c15-14(16,17)12-3-1-4-13(9-12)18-7-2-8-19-10-11-5-6-11/h11-13,18H,1-10H2. The predicted octanol–water partition coefficient (Wildman–Crippen LogP) is 3.51. The summed E-state index contributed by atoms with van der Waals surface area (Å²) >= 11 is 0. The van der Waals surface area contributed by atoms with Gasteiger partial charge in [-0.1, -0.05) is 6.42 Å². The van der Waals surface area contributed by atoms with Gasteiger partial charge in [-0.2, -0.15) is 13.2 Å². The second kappa shape index (κ2) is 6.93. The number of halogens is 3. The molecule has 0 aromatic carbocycles. The Bertz CT molecular complexity index is 266. The average Bonchev–Trinajstić information content (AvgIpc) is 3.17. The molecule has 19 heavy (non-hydrogen) atoms. The first-order valence-electron chi connectivity index (χ1n) is 7.43. The van der Waals surface area contributed by atoms with E-state index in [-0.39, 0.29) is 12.5 Å². The van der Waals surface area contributed by atoms with Crippen LogP contribution in [0.4, 0.5) is 13.2 Å². The summed E-state index contributed by atoms with van der Waals surface area (Å²) in [5.74, 6) is -0.330. The van der Waals surface area contributed by atoms with Crippen LogP contribution in [0.5, 0.6) is 0 Å². The van der Waals surface area contributed by atoms with Crippen LogP contribution >= 0.6 is 0 Å². The fourth-order valence-electron chi connectivity index (χ4n) is 2.69. The summed E-state index contributed by atoms with van der Waals surface area (Å²) in [6.07, 6.45) is 1.54. The predicted molar refractivity (Wildman–Crippen MR) is 68.0 cm³/mol. The van der Waals surface area contributed by atoms with E-state index in [1.165, 1.54) is 12.8 Å². The van der Waals surface area contributed by atoms with Gasteiger partial charge in [-0.15, -0.1) is 0 Å². The molecule has 0 saturated heterocycles. The van der Waals surface area contributed by atoms with E-state index in [4.69, 9.17) is 4.74 Å². The quantitative estimate of drug-likeness (QED) is 0.720. The van der Waals surface area contributed by atoms with Gasteiger partial charge in [-0.25, -0.2) is 0 Å². The van der Waals surface area contributed by atoms with Crippen molar-refractivity contribution in [2.24, 2.45) is 11.8 Å². The van der Waals surface area contributed by atoms with Gasteiger partial charge in [0, 0.05) is 19.3 Å². The number of hydrogen-bond acceptors (Lipinski definition) is 2. The van der Waals surface area contributed by atoms with Crippen molar-refractivity contribution in [3.05, 3.63) is 0 Å². The normalized spacial score (nSPS) is 28.6. The third-order valence-electron chi connectivity index (χ3n) is 4.09. The van der Waals surface area contributed by atoms with Crippen LogP contribution in [0.1, 0.15) is 44.9 Å². The molecule has 2 unspecified atom stereocenters. The van der Waals surface area contributed by atoms with E-state index in [1.807, 2.05) is 0 Å². The van der Waals surface area contributed by atoms with Crippen molar-refractivity contribution in [2.45, 2.75) is 57.2 Å². The first kappa shape index (κ1) is 15.1. The monoisotopic (exact) mass is 279 g/mol. The molecule has 1 N–H and O–H groups in total. The Morgan fingerprint density at radius 3 is 2.58 bits per heavy atom. The third-order valence-corrected chi connectivity index (χ3v) is 4.09. The Labute approximate surface area is 113 Å². The molecule has 0 spiro atoms. The Hall–Kier alpha value is -0.290. The van der Waals surface area contributed by atoms with Gasteiger partial charge in [0.2, 0.25) is 0 Å². The SMILES string of the molecule is FC(F)(F)C1CCCC(NCCCOCC2CC2)C1. The van der Waals surface area contributed by atoms with Crippen LogP contribution in [0.2, 0.25) is 0 Å². The summed E-state index contributed by atoms with van der Waals surface area (Å²) in [6, 6.07) is 0.0313. The maximum atomic E-state index is 12.6. The van der Waals surface area contributed by atoms with E-state index in [9.17, 15) is 13.2 Å². The molecule has 2 saturated carbocycles. The molecule has 0 bridgehead atoms. The molecule has 2 atom stereocenters. The first-order chi connectivity index (χ1) is 9.05. The van der Waals surface area contributed by atoms with E-state index in [2.05, 4.69) is 5.32 Å². The van der Waals surface area contributed by atoms with E-state index < -0.39 is 12.1 Å². The first-order valence-corrected chi connectivity index (χ1v) is 7.43. The van der Waals surface area contributed by atoms with Gasteiger partial charge in [0.1, 0.15) is 0 Å². The largest absolute Gasteiger partial charge is 0.391 e. The van der Waals surface area contributed by atoms with Crippen LogP contribution in [0.3, 0.4) is 0 Å². The number of alkyl halides is 3. The van der Waals surface area contributed by atoms with Crippen molar-refractivity contribution in [2.75, 3.05) is 19.8 Å². The molecule has 0 aliphatic heterocycles. The van der Waals surface area contributed by atoms with Crippen LogP contribution in [-0.2, 0) is 4.74 Å². The lowest BCUT2D eigenvalue weighted by atomic mass is 9.85. The van der Waals surface area contributed by atoms with E-state index in [1.54, 1.807) is 0 Å². The van der Waals surface area contributed by atoms with Crippen molar-refractivity contribution in [1.82, 2.24) is 5.32 Å². The van der Waals surface area contributed by atoms with Crippen LogP contribution in [0.15, 0.2) is 0 Å². The highest BCUT2D eigenvalue weighted by Crippen LogP contribution is 2.37. The van der Waals surface area contributed by atoms with Crippen LogP contribution < -0.4 is 5.32 Å². The summed E-state index contributed by atoms with van der Waals surface area (Å²) in [6.45, 7) is 2.35. The van der Waals surface area contributed by atoms with Gasteiger partial charge in [-0.3, -0.25) is 0 Å². The molecule has 2 aliphatic carbocycles. The molecule has 2 fully saturated rings. The second-order valence-electron chi connectivity index (χ2n) is 5.93. The Morgan fingerprint density at radius 2 is 1.89 bits per heavy atom. The fourth-order valence-corrected chi connectivity index (χ4v) is 2.69. The number of rotatable bonds is 7. The number of ether oxygens (including phenoxy) is 1. The number of hydrogen-bond donors (Lipinski definition) is 1. The fraction of sp³-hybridized carbons (Fsp3) is 1.00. The van der Waals surface area contributed by atoms with Gasteiger partial charge in [0.15, 0.2) is 0 Å². The van der Waals surface area contributed by atoms with E-state index >= 15 is 0 Å². The summed E-state index contributed by atoms with van der Waals surface area (Å²) in [4.78, 5) is 0. The van der Waals surface area contributed by atoms with Crippen LogP contribution in [-0.4, -0.2) is 32.0 Å². The van der Waals surface area contributed by atoms with Crippen molar-refractivity contribution in [3.63, 3.8) is 0 Å². The average molecular weight is 279 g/mol. The summed E-state index contributed by atoms with van der Waals surface area (Å²) in [5, 5.41) is 3.25. The lowest BCUT2D eigenvalue weighted by molar-refractivity contribution is -0.183. The van der Waals surface area contributed by atoms with E-state index in [0.29, 0.717) is 12.8 Å². The van der Waals surface area contributed by atoms with Gasteiger partial charge >= 0.3 is 6.18 Å². The molecule has 0 radical (unpaired) electrons. The zero-order valence-electron chi connectivity index (χ0n) is 11.3.